The van der Waals surface area contributed by atoms with Gasteiger partial charge in [0.05, 0.1) is 16.4 Å². The zero-order valence-corrected chi connectivity index (χ0v) is 14.3. The van der Waals surface area contributed by atoms with Gasteiger partial charge in [-0.15, -0.1) is 0 Å². The highest BCUT2D eigenvalue weighted by molar-refractivity contribution is 7.85. The highest BCUT2D eigenvalue weighted by Crippen LogP contribution is 2.32. The quantitative estimate of drug-likeness (QED) is 0.787. The van der Waals surface area contributed by atoms with Crippen LogP contribution < -0.4 is 0 Å². The summed E-state index contributed by atoms with van der Waals surface area (Å²) in [6.45, 7) is 3.88. The van der Waals surface area contributed by atoms with E-state index in [9.17, 15) is 13.5 Å². The largest absolute Gasteiger partial charge is 0.385 e. The number of hydrogen-bond acceptors (Lipinski definition) is 3. The zero-order chi connectivity index (χ0) is 15.3. The van der Waals surface area contributed by atoms with Gasteiger partial charge in [0.2, 0.25) is 0 Å². The summed E-state index contributed by atoms with van der Waals surface area (Å²) in [6, 6.07) is 5.20. The van der Waals surface area contributed by atoms with Gasteiger partial charge in [-0.1, -0.05) is 32.3 Å². The molecule has 3 unspecified atom stereocenters. The van der Waals surface area contributed by atoms with Crippen molar-refractivity contribution in [1.29, 1.82) is 0 Å². The van der Waals surface area contributed by atoms with Crippen molar-refractivity contribution < 1.29 is 13.5 Å². The highest BCUT2D eigenvalue weighted by atomic mass is 32.2. The molecule has 1 aromatic rings. The standard InChI is InChI=1S/C15H24O3S2/c1-5-6-7-10-15(2,16)13-9-8-12(19(3)17)11-14(13)20(4)18/h8-9,11,16H,5-7,10H2,1-4H3. The van der Waals surface area contributed by atoms with Gasteiger partial charge in [-0.25, -0.2) is 0 Å². The van der Waals surface area contributed by atoms with E-state index in [-0.39, 0.29) is 0 Å². The van der Waals surface area contributed by atoms with Gasteiger partial charge >= 0.3 is 0 Å². The van der Waals surface area contributed by atoms with E-state index in [0.29, 0.717) is 21.8 Å². The van der Waals surface area contributed by atoms with E-state index in [4.69, 9.17) is 0 Å². The minimum absolute atomic E-state index is 0.583. The van der Waals surface area contributed by atoms with E-state index < -0.39 is 27.2 Å². The number of hydrogen-bond donors (Lipinski definition) is 1. The Kier molecular flexibility index (Phi) is 6.55. The van der Waals surface area contributed by atoms with Gasteiger partial charge < -0.3 is 5.11 Å². The van der Waals surface area contributed by atoms with Crippen LogP contribution in [-0.2, 0) is 27.2 Å². The summed E-state index contributed by atoms with van der Waals surface area (Å²) < 4.78 is 23.5. The van der Waals surface area contributed by atoms with Crippen LogP contribution in [0.1, 0.15) is 45.1 Å². The van der Waals surface area contributed by atoms with Crippen LogP contribution in [0.5, 0.6) is 0 Å². The molecule has 3 atom stereocenters. The first-order valence-corrected chi connectivity index (χ1v) is 9.95. The number of benzene rings is 1. The summed E-state index contributed by atoms with van der Waals surface area (Å²) in [5, 5.41) is 10.7. The summed E-state index contributed by atoms with van der Waals surface area (Å²) in [4.78, 5) is 1.22. The lowest BCUT2D eigenvalue weighted by Crippen LogP contribution is -2.23. The first-order chi connectivity index (χ1) is 9.29. The lowest BCUT2D eigenvalue weighted by atomic mass is 9.90. The first-order valence-electron chi connectivity index (χ1n) is 6.83. The first kappa shape index (κ1) is 17.5. The molecule has 5 heteroatoms. The summed E-state index contributed by atoms with van der Waals surface area (Å²) in [5.41, 5.74) is -0.312. The lowest BCUT2D eigenvalue weighted by Gasteiger charge is -2.26. The molecule has 0 heterocycles. The molecule has 1 aromatic carbocycles. The Labute approximate surface area is 126 Å². The maximum absolute atomic E-state index is 11.9. The van der Waals surface area contributed by atoms with Crippen LogP contribution in [0.3, 0.4) is 0 Å². The van der Waals surface area contributed by atoms with Crippen LogP contribution in [0.25, 0.3) is 0 Å². The Bertz CT molecular complexity index is 510. The van der Waals surface area contributed by atoms with Crippen LogP contribution >= 0.6 is 0 Å². The fourth-order valence-electron chi connectivity index (χ4n) is 2.22. The molecule has 3 nitrogen and oxygen atoms in total. The Hall–Kier alpha value is -0.520. The minimum atomic E-state index is -1.22. The molecule has 0 bridgehead atoms. The fourth-order valence-corrected chi connectivity index (χ4v) is 3.73. The van der Waals surface area contributed by atoms with E-state index in [2.05, 4.69) is 6.92 Å². The van der Waals surface area contributed by atoms with Gasteiger partial charge in [-0.2, -0.15) is 0 Å². The van der Waals surface area contributed by atoms with E-state index in [0.717, 1.165) is 19.3 Å². The van der Waals surface area contributed by atoms with Crippen LogP contribution in [0.15, 0.2) is 28.0 Å². The molecule has 1 N–H and O–H groups in total. The van der Waals surface area contributed by atoms with Gasteiger partial charge in [0.1, 0.15) is 0 Å². The highest BCUT2D eigenvalue weighted by Gasteiger charge is 2.27. The van der Waals surface area contributed by atoms with E-state index >= 15 is 0 Å². The van der Waals surface area contributed by atoms with Crippen LogP contribution in [0.4, 0.5) is 0 Å². The molecule has 1 rings (SSSR count). The van der Waals surface area contributed by atoms with Gasteiger partial charge in [-0.05, 0) is 31.0 Å². The van der Waals surface area contributed by atoms with E-state index in [1.165, 1.54) is 0 Å². The van der Waals surface area contributed by atoms with Crippen LogP contribution in [0.2, 0.25) is 0 Å². The third-order valence-electron chi connectivity index (χ3n) is 3.44. The Morgan fingerprint density at radius 2 is 1.80 bits per heavy atom. The Morgan fingerprint density at radius 1 is 1.15 bits per heavy atom. The Balaban J connectivity index is 3.16. The molecule has 0 aliphatic carbocycles. The van der Waals surface area contributed by atoms with Crippen molar-refractivity contribution in [3.8, 4) is 0 Å². The predicted molar refractivity (Wildman–Crippen MR) is 84.8 cm³/mol. The molecule has 0 saturated carbocycles. The predicted octanol–water partition coefficient (Wildman–Crippen LogP) is 2.95. The number of rotatable bonds is 7. The normalized spacial score (nSPS) is 17.4. The monoisotopic (exact) mass is 316 g/mol. The third-order valence-corrected chi connectivity index (χ3v) is 5.32. The smallest absolute Gasteiger partial charge is 0.0880 e. The van der Waals surface area contributed by atoms with Gasteiger partial charge in [0, 0.05) is 33.1 Å². The molecule has 0 fully saturated rings. The second-order valence-corrected chi connectivity index (χ2v) is 8.02. The summed E-state index contributed by atoms with van der Waals surface area (Å²) in [6.07, 6.45) is 6.91. The molecule has 20 heavy (non-hydrogen) atoms. The van der Waals surface area contributed by atoms with Gasteiger partial charge in [-0.3, -0.25) is 8.42 Å². The fraction of sp³-hybridized carbons (Fsp3) is 0.600. The molecule has 0 aromatic heterocycles. The maximum atomic E-state index is 11.9. The second-order valence-electron chi connectivity index (χ2n) is 5.30. The topological polar surface area (TPSA) is 54.4 Å². The Morgan fingerprint density at radius 3 is 2.30 bits per heavy atom. The van der Waals surface area contributed by atoms with Crippen molar-refractivity contribution in [3.63, 3.8) is 0 Å². The second kappa shape index (κ2) is 7.48. The van der Waals surface area contributed by atoms with Crippen molar-refractivity contribution in [2.24, 2.45) is 0 Å². The average Bonchev–Trinajstić information content (AvgIpc) is 2.38. The molecular weight excluding hydrogens is 292 g/mol. The summed E-state index contributed by atoms with van der Waals surface area (Å²) in [7, 11) is -2.33. The van der Waals surface area contributed by atoms with Crippen molar-refractivity contribution in [2.45, 2.75) is 54.9 Å². The molecule has 0 radical (unpaired) electrons. The number of aliphatic hydroxyl groups is 1. The molecule has 0 spiro atoms. The minimum Gasteiger partial charge on any atom is -0.385 e. The molecular formula is C15H24O3S2. The van der Waals surface area contributed by atoms with Crippen LogP contribution in [-0.4, -0.2) is 26.0 Å². The van der Waals surface area contributed by atoms with Crippen molar-refractivity contribution in [1.82, 2.24) is 0 Å². The van der Waals surface area contributed by atoms with Crippen LogP contribution in [0, 0.1) is 0 Å². The molecule has 0 saturated heterocycles. The molecule has 0 aliphatic rings. The third kappa shape index (κ3) is 4.50. The van der Waals surface area contributed by atoms with E-state index in [1.807, 2.05) is 0 Å². The zero-order valence-electron chi connectivity index (χ0n) is 12.6. The van der Waals surface area contributed by atoms with Gasteiger partial charge in [0.15, 0.2) is 0 Å². The average molecular weight is 316 g/mol. The summed E-state index contributed by atoms with van der Waals surface area (Å²) in [5.74, 6) is 0. The number of unbranched alkanes of at least 4 members (excludes halogenated alkanes) is 2. The SMILES string of the molecule is CCCCCC(C)(O)c1ccc(S(C)=O)cc1S(C)=O. The molecule has 0 amide bonds. The summed E-state index contributed by atoms with van der Waals surface area (Å²) >= 11 is 0. The maximum Gasteiger partial charge on any atom is 0.0880 e. The van der Waals surface area contributed by atoms with Crippen molar-refractivity contribution in [2.75, 3.05) is 12.5 Å². The van der Waals surface area contributed by atoms with Crippen molar-refractivity contribution in [3.05, 3.63) is 23.8 Å². The van der Waals surface area contributed by atoms with E-state index in [1.54, 1.807) is 37.6 Å². The lowest BCUT2D eigenvalue weighted by molar-refractivity contribution is 0.0421. The van der Waals surface area contributed by atoms with Crippen molar-refractivity contribution >= 4 is 21.6 Å². The molecule has 0 aliphatic heterocycles. The van der Waals surface area contributed by atoms with Gasteiger partial charge in [0.25, 0.3) is 0 Å². The molecule has 114 valence electrons.